The zero-order chi connectivity index (χ0) is 26.5. The lowest BCUT2D eigenvalue weighted by atomic mass is 10.0. The molecule has 2 aliphatic heterocycles. The number of aromatic nitrogens is 1. The largest absolute Gasteiger partial charge is 0.454 e. The second-order valence-corrected chi connectivity index (χ2v) is 10.7. The first-order valence-electron chi connectivity index (χ1n) is 12.4. The highest BCUT2D eigenvalue weighted by Gasteiger charge is 2.32. The molecule has 37 heavy (non-hydrogen) atoms. The molecule has 0 radical (unpaired) electrons. The summed E-state index contributed by atoms with van der Waals surface area (Å²) in [6.45, 7) is 5.08. The predicted molar refractivity (Wildman–Crippen MR) is 150 cm³/mol. The average Bonchev–Trinajstić information content (AvgIpc) is 3.46. The van der Waals surface area contributed by atoms with Crippen LogP contribution in [0.2, 0.25) is 0 Å². The van der Waals surface area contributed by atoms with Gasteiger partial charge in [-0.05, 0) is 42.7 Å². The molecule has 3 heterocycles. The number of rotatable bonds is 10. The Morgan fingerprint density at radius 1 is 1.19 bits per heavy atom. The summed E-state index contributed by atoms with van der Waals surface area (Å²) in [4.78, 5) is 28.3. The predicted octanol–water partition coefficient (Wildman–Crippen LogP) is 5.08. The number of thioether (sulfide) groups is 1. The topological polar surface area (TPSA) is 96.6 Å². The fourth-order valence-corrected chi connectivity index (χ4v) is 5.67. The third-order valence-electron chi connectivity index (χ3n) is 6.53. The Kier molecular flexibility index (Phi) is 8.56. The first-order chi connectivity index (χ1) is 17.8. The van der Waals surface area contributed by atoms with E-state index in [1.165, 1.54) is 29.2 Å². The Bertz CT molecular complexity index is 1360. The smallest absolute Gasteiger partial charge is 0.270 e. The number of fused-ring (bicyclic) bond motifs is 1. The van der Waals surface area contributed by atoms with Gasteiger partial charge in [0.25, 0.3) is 11.5 Å². The molecule has 4 rings (SSSR count). The highest BCUT2D eigenvalue weighted by Crippen LogP contribution is 2.36. The van der Waals surface area contributed by atoms with Gasteiger partial charge in [0.15, 0.2) is 11.5 Å². The molecule has 1 amide bonds. The maximum atomic E-state index is 13.2. The van der Waals surface area contributed by atoms with Crippen LogP contribution in [0.1, 0.15) is 61.3 Å². The molecule has 10 heteroatoms. The number of nitrogens with zero attached hydrogens (tertiary/aromatic N) is 3. The number of nitrogens with one attached hydrogen (secondary N) is 1. The number of pyridine rings is 1. The molecule has 0 atom stereocenters. The van der Waals surface area contributed by atoms with Crippen molar-refractivity contribution in [2.24, 2.45) is 7.05 Å². The number of hydrogen-bond acceptors (Lipinski definition) is 8. The van der Waals surface area contributed by atoms with Gasteiger partial charge in [-0.2, -0.15) is 5.26 Å². The molecular weight excluding hydrogens is 508 g/mol. The van der Waals surface area contributed by atoms with Crippen molar-refractivity contribution in [3.05, 3.63) is 55.7 Å². The van der Waals surface area contributed by atoms with Crippen molar-refractivity contribution in [3.63, 3.8) is 0 Å². The van der Waals surface area contributed by atoms with Crippen molar-refractivity contribution in [3.8, 4) is 17.6 Å². The number of ether oxygens (including phenoxy) is 2. The summed E-state index contributed by atoms with van der Waals surface area (Å²) in [5.74, 6) is 1.74. The number of carbonyl (C=O) groups is 1. The average molecular weight is 539 g/mol. The summed E-state index contributed by atoms with van der Waals surface area (Å²) in [7, 11) is 1.61. The van der Waals surface area contributed by atoms with Crippen LogP contribution in [0.4, 0.5) is 5.82 Å². The van der Waals surface area contributed by atoms with Crippen LogP contribution in [0.15, 0.2) is 27.9 Å². The molecule has 0 saturated carbocycles. The fourth-order valence-electron chi connectivity index (χ4n) is 4.38. The van der Waals surface area contributed by atoms with E-state index in [0.717, 1.165) is 24.8 Å². The van der Waals surface area contributed by atoms with Gasteiger partial charge in [-0.3, -0.25) is 19.1 Å². The second-order valence-electron chi connectivity index (χ2n) is 9.03. The molecule has 0 bridgehead atoms. The van der Waals surface area contributed by atoms with Crippen molar-refractivity contribution in [2.45, 2.75) is 52.5 Å². The normalized spacial score (nSPS) is 15.5. The minimum absolute atomic E-state index is 0.0498. The molecule has 194 valence electrons. The van der Waals surface area contributed by atoms with Crippen LogP contribution in [0, 0.1) is 18.3 Å². The van der Waals surface area contributed by atoms with Crippen molar-refractivity contribution in [1.29, 1.82) is 5.26 Å². The number of benzene rings is 1. The quantitative estimate of drug-likeness (QED) is 0.254. The van der Waals surface area contributed by atoms with Gasteiger partial charge in [0.1, 0.15) is 21.8 Å². The van der Waals surface area contributed by atoms with Gasteiger partial charge in [0.05, 0.1) is 4.91 Å². The lowest BCUT2D eigenvalue weighted by Crippen LogP contribution is -2.29. The summed E-state index contributed by atoms with van der Waals surface area (Å²) in [5, 5.41) is 13.0. The van der Waals surface area contributed by atoms with Gasteiger partial charge in [0, 0.05) is 25.7 Å². The number of thiocarbonyl (C=S) groups is 1. The van der Waals surface area contributed by atoms with E-state index in [-0.39, 0.29) is 18.3 Å². The Morgan fingerprint density at radius 2 is 1.95 bits per heavy atom. The summed E-state index contributed by atoms with van der Waals surface area (Å²) in [6.07, 6.45) is 7.20. The highest BCUT2D eigenvalue weighted by molar-refractivity contribution is 8.26. The maximum absolute atomic E-state index is 13.2. The molecule has 1 N–H and O–H groups in total. The molecule has 1 saturated heterocycles. The van der Waals surface area contributed by atoms with E-state index in [1.54, 1.807) is 24.9 Å². The van der Waals surface area contributed by atoms with Crippen molar-refractivity contribution in [2.75, 3.05) is 18.7 Å². The van der Waals surface area contributed by atoms with Crippen LogP contribution in [-0.4, -0.2) is 33.0 Å². The SMILES string of the molecule is CCCCCCCN1C(=O)/C(=C\c2c(C)c(C#N)c(=O)n(C)c2NCc2ccc3c(c2)OCO3)SC1=S. The van der Waals surface area contributed by atoms with E-state index in [9.17, 15) is 14.9 Å². The first-order valence-corrected chi connectivity index (χ1v) is 13.6. The van der Waals surface area contributed by atoms with Crippen molar-refractivity contribution in [1.82, 2.24) is 9.47 Å². The monoisotopic (exact) mass is 538 g/mol. The van der Waals surface area contributed by atoms with Crippen LogP contribution in [-0.2, 0) is 18.4 Å². The lowest BCUT2D eigenvalue weighted by Gasteiger charge is -2.18. The highest BCUT2D eigenvalue weighted by atomic mass is 32.2. The molecule has 0 spiro atoms. The Morgan fingerprint density at radius 3 is 2.70 bits per heavy atom. The lowest BCUT2D eigenvalue weighted by molar-refractivity contribution is -0.122. The van der Waals surface area contributed by atoms with Gasteiger partial charge in [0.2, 0.25) is 6.79 Å². The third-order valence-corrected chi connectivity index (χ3v) is 7.91. The second kappa shape index (κ2) is 11.8. The molecular formula is C27H30N4O4S2. The van der Waals surface area contributed by atoms with Crippen LogP contribution >= 0.6 is 24.0 Å². The molecule has 2 aliphatic rings. The zero-order valence-electron chi connectivity index (χ0n) is 21.3. The minimum atomic E-state index is -0.398. The van der Waals surface area contributed by atoms with E-state index in [1.807, 2.05) is 24.3 Å². The van der Waals surface area contributed by atoms with Crippen LogP contribution in [0.3, 0.4) is 0 Å². The van der Waals surface area contributed by atoms with E-state index < -0.39 is 5.56 Å². The number of carbonyl (C=O) groups excluding carboxylic acids is 1. The molecule has 1 aromatic carbocycles. The third kappa shape index (κ3) is 5.68. The number of hydrogen-bond donors (Lipinski definition) is 1. The number of amides is 1. The molecule has 8 nitrogen and oxygen atoms in total. The summed E-state index contributed by atoms with van der Waals surface area (Å²) >= 11 is 6.76. The summed E-state index contributed by atoms with van der Waals surface area (Å²) in [5.41, 5.74) is 1.71. The Labute approximate surface area is 226 Å². The zero-order valence-corrected chi connectivity index (χ0v) is 22.9. The van der Waals surface area contributed by atoms with Crippen molar-refractivity contribution >= 4 is 46.1 Å². The molecule has 1 aromatic heterocycles. The van der Waals surface area contributed by atoms with Gasteiger partial charge in [-0.1, -0.05) is 62.7 Å². The first kappa shape index (κ1) is 26.8. The summed E-state index contributed by atoms with van der Waals surface area (Å²) in [6, 6.07) is 7.67. The van der Waals surface area contributed by atoms with Crippen LogP contribution < -0.4 is 20.3 Å². The fraction of sp³-hybridized carbons (Fsp3) is 0.407. The molecule has 1 fully saturated rings. The van der Waals surface area contributed by atoms with Gasteiger partial charge in [-0.15, -0.1) is 0 Å². The van der Waals surface area contributed by atoms with E-state index in [0.29, 0.717) is 50.8 Å². The molecule has 2 aromatic rings. The van der Waals surface area contributed by atoms with E-state index in [4.69, 9.17) is 21.7 Å². The number of unbranched alkanes of at least 4 members (excludes halogenated alkanes) is 4. The Hall–Kier alpha value is -3.29. The number of nitriles is 1. The molecule has 0 aliphatic carbocycles. The molecule has 0 unspecified atom stereocenters. The number of anilines is 1. The Balaban J connectivity index is 1.62. The standard InChI is InChI=1S/C27H30N4O4S2/c1-4-5-6-7-8-11-31-26(33)23(37-27(31)36)13-19-17(2)20(14-28)25(32)30(3)24(19)29-15-18-9-10-21-22(12-18)35-16-34-21/h9-10,12-13,29H,4-8,11,15-16H2,1-3H3/b23-13+. The van der Waals surface area contributed by atoms with Crippen LogP contribution in [0.25, 0.3) is 6.08 Å². The van der Waals surface area contributed by atoms with Gasteiger partial charge < -0.3 is 14.8 Å². The van der Waals surface area contributed by atoms with E-state index >= 15 is 0 Å². The van der Waals surface area contributed by atoms with Crippen LogP contribution in [0.5, 0.6) is 11.5 Å². The van der Waals surface area contributed by atoms with E-state index in [2.05, 4.69) is 12.2 Å². The van der Waals surface area contributed by atoms with Crippen molar-refractivity contribution < 1.29 is 14.3 Å². The van der Waals surface area contributed by atoms with Gasteiger partial charge >= 0.3 is 0 Å². The van der Waals surface area contributed by atoms with Gasteiger partial charge in [-0.25, -0.2) is 0 Å². The minimum Gasteiger partial charge on any atom is -0.454 e. The summed E-state index contributed by atoms with van der Waals surface area (Å²) < 4.78 is 12.8. The maximum Gasteiger partial charge on any atom is 0.270 e.